The first kappa shape index (κ1) is 23.0. The summed E-state index contributed by atoms with van der Waals surface area (Å²) in [5.74, 6) is 0.695. The van der Waals surface area contributed by atoms with Gasteiger partial charge in [-0.25, -0.2) is 0 Å². The summed E-state index contributed by atoms with van der Waals surface area (Å²) in [4.78, 5) is 24.9. The molecule has 0 saturated carbocycles. The van der Waals surface area contributed by atoms with Crippen molar-refractivity contribution in [3.63, 3.8) is 0 Å². The number of ether oxygens (including phenoxy) is 2. The summed E-state index contributed by atoms with van der Waals surface area (Å²) in [7, 11) is 1.58. The van der Waals surface area contributed by atoms with Crippen LogP contribution in [-0.4, -0.2) is 31.1 Å². The van der Waals surface area contributed by atoms with Crippen molar-refractivity contribution < 1.29 is 19.1 Å². The van der Waals surface area contributed by atoms with Crippen molar-refractivity contribution in [3.8, 4) is 11.5 Å². The molecule has 0 unspecified atom stereocenters. The van der Waals surface area contributed by atoms with Crippen molar-refractivity contribution in [1.82, 2.24) is 5.32 Å². The molecule has 2 aromatic carbocycles. The number of hydrogen-bond donors (Lipinski definition) is 2. The number of carbonyl (C=O) groups is 2. The van der Waals surface area contributed by atoms with Crippen LogP contribution < -0.4 is 20.1 Å². The van der Waals surface area contributed by atoms with Gasteiger partial charge in [0.2, 0.25) is 5.91 Å². The molecule has 0 aromatic heterocycles. The van der Waals surface area contributed by atoms with Gasteiger partial charge in [-0.3, -0.25) is 9.59 Å². The smallest absolute Gasteiger partial charge is 0.253 e. The molecule has 0 heterocycles. The van der Waals surface area contributed by atoms with Crippen molar-refractivity contribution in [1.29, 1.82) is 0 Å². The Morgan fingerprint density at radius 3 is 2.47 bits per heavy atom. The minimum atomic E-state index is -0.375. The maximum Gasteiger partial charge on any atom is 0.253 e. The Morgan fingerprint density at radius 1 is 1.07 bits per heavy atom. The molecule has 2 rings (SSSR count). The Balaban J connectivity index is 2.11. The Bertz CT molecular complexity index is 914. The molecule has 0 spiro atoms. The topological polar surface area (TPSA) is 76.7 Å². The second-order valence-corrected chi connectivity index (χ2v) is 7.83. The monoisotopic (exact) mass is 410 g/mol. The molecular formula is C24H30N2O4. The highest BCUT2D eigenvalue weighted by Gasteiger charge is 2.18. The predicted octanol–water partition coefficient (Wildman–Crippen LogP) is 4.66. The highest BCUT2D eigenvalue weighted by atomic mass is 16.5. The van der Waals surface area contributed by atoms with Crippen LogP contribution in [0.25, 0.3) is 6.08 Å². The third-order valence-corrected chi connectivity index (χ3v) is 3.99. The SMILES string of the molecule is CCCOc1ccc(/C=C/C(=O)Nc2ccccc2C(=O)NC(C)(C)C)cc1OC. The summed E-state index contributed by atoms with van der Waals surface area (Å²) >= 11 is 0. The van der Waals surface area contributed by atoms with Gasteiger partial charge in [0.05, 0.1) is 25.0 Å². The summed E-state index contributed by atoms with van der Waals surface area (Å²) < 4.78 is 11.0. The average molecular weight is 411 g/mol. The van der Waals surface area contributed by atoms with E-state index in [2.05, 4.69) is 10.6 Å². The molecule has 0 bridgehead atoms. The van der Waals surface area contributed by atoms with Crippen LogP contribution in [0.2, 0.25) is 0 Å². The van der Waals surface area contributed by atoms with Crippen LogP contribution in [0.15, 0.2) is 48.5 Å². The van der Waals surface area contributed by atoms with E-state index in [1.165, 1.54) is 6.08 Å². The molecule has 0 fully saturated rings. The third-order valence-electron chi connectivity index (χ3n) is 3.99. The van der Waals surface area contributed by atoms with Gasteiger partial charge in [-0.15, -0.1) is 0 Å². The highest BCUT2D eigenvalue weighted by molar-refractivity contribution is 6.07. The van der Waals surface area contributed by atoms with Crippen LogP contribution in [-0.2, 0) is 4.79 Å². The van der Waals surface area contributed by atoms with E-state index in [1.54, 1.807) is 43.5 Å². The van der Waals surface area contributed by atoms with Crippen LogP contribution in [0.1, 0.15) is 50.0 Å². The van der Waals surface area contributed by atoms with Crippen LogP contribution in [0.3, 0.4) is 0 Å². The first-order chi connectivity index (χ1) is 14.2. The minimum absolute atomic E-state index is 0.241. The quantitative estimate of drug-likeness (QED) is 0.621. The van der Waals surface area contributed by atoms with Crippen LogP contribution in [0.5, 0.6) is 11.5 Å². The lowest BCUT2D eigenvalue weighted by Gasteiger charge is -2.21. The van der Waals surface area contributed by atoms with E-state index >= 15 is 0 Å². The van der Waals surface area contributed by atoms with E-state index in [0.29, 0.717) is 29.4 Å². The van der Waals surface area contributed by atoms with Crippen LogP contribution >= 0.6 is 0 Å². The normalized spacial score (nSPS) is 11.2. The zero-order valence-electron chi connectivity index (χ0n) is 18.2. The minimum Gasteiger partial charge on any atom is -0.493 e. The Morgan fingerprint density at radius 2 is 1.80 bits per heavy atom. The molecule has 0 atom stereocenters. The summed E-state index contributed by atoms with van der Waals surface area (Å²) in [6.07, 6.45) is 4.00. The fourth-order valence-corrected chi connectivity index (χ4v) is 2.66. The fourth-order valence-electron chi connectivity index (χ4n) is 2.66. The number of para-hydroxylation sites is 1. The molecule has 0 radical (unpaired) electrons. The molecule has 2 N–H and O–H groups in total. The van der Waals surface area contributed by atoms with Crippen molar-refractivity contribution in [2.75, 3.05) is 19.0 Å². The molecule has 6 nitrogen and oxygen atoms in total. The number of anilines is 1. The molecule has 0 aliphatic carbocycles. The zero-order chi connectivity index (χ0) is 22.1. The Hall–Kier alpha value is -3.28. The molecular weight excluding hydrogens is 380 g/mol. The first-order valence-electron chi connectivity index (χ1n) is 9.95. The second kappa shape index (κ2) is 10.5. The molecule has 0 aliphatic rings. The zero-order valence-corrected chi connectivity index (χ0v) is 18.2. The molecule has 0 saturated heterocycles. The largest absolute Gasteiger partial charge is 0.493 e. The number of methoxy groups -OCH3 is 1. The predicted molar refractivity (Wildman–Crippen MR) is 120 cm³/mol. The van der Waals surface area contributed by atoms with Crippen molar-refractivity contribution in [2.24, 2.45) is 0 Å². The van der Waals surface area contributed by atoms with Crippen molar-refractivity contribution in [2.45, 2.75) is 39.7 Å². The van der Waals surface area contributed by atoms with Crippen molar-refractivity contribution in [3.05, 3.63) is 59.7 Å². The van der Waals surface area contributed by atoms with Gasteiger partial charge < -0.3 is 20.1 Å². The highest BCUT2D eigenvalue weighted by Crippen LogP contribution is 2.28. The molecule has 30 heavy (non-hydrogen) atoms. The van der Waals surface area contributed by atoms with Gasteiger partial charge >= 0.3 is 0 Å². The molecule has 160 valence electrons. The summed E-state index contributed by atoms with van der Waals surface area (Å²) in [5.41, 5.74) is 1.29. The third kappa shape index (κ3) is 6.95. The van der Waals surface area contributed by atoms with E-state index in [4.69, 9.17) is 9.47 Å². The number of amides is 2. The molecule has 2 amide bonds. The average Bonchev–Trinajstić information content (AvgIpc) is 2.70. The summed E-state index contributed by atoms with van der Waals surface area (Å²) in [5, 5.41) is 5.68. The Kier molecular flexibility index (Phi) is 8.04. The number of nitrogens with one attached hydrogen (secondary N) is 2. The van der Waals surface area contributed by atoms with E-state index in [0.717, 1.165) is 12.0 Å². The fraction of sp³-hybridized carbons (Fsp3) is 0.333. The van der Waals surface area contributed by atoms with Gasteiger partial charge in [0, 0.05) is 11.6 Å². The van der Waals surface area contributed by atoms with Crippen molar-refractivity contribution >= 4 is 23.6 Å². The van der Waals surface area contributed by atoms with E-state index in [9.17, 15) is 9.59 Å². The number of carbonyl (C=O) groups excluding carboxylic acids is 2. The lowest BCUT2D eigenvalue weighted by molar-refractivity contribution is -0.111. The molecule has 0 aliphatic heterocycles. The summed E-state index contributed by atoms with van der Waals surface area (Å²) in [6.45, 7) is 8.36. The number of hydrogen-bond acceptors (Lipinski definition) is 4. The van der Waals surface area contributed by atoms with Gasteiger partial charge in [0.1, 0.15) is 0 Å². The summed E-state index contributed by atoms with van der Waals surface area (Å²) in [6, 6.07) is 12.4. The number of rotatable bonds is 8. The van der Waals surface area contributed by atoms with Gasteiger partial charge in [-0.2, -0.15) is 0 Å². The Labute approximate surface area is 178 Å². The second-order valence-electron chi connectivity index (χ2n) is 7.83. The van der Waals surface area contributed by atoms with Gasteiger partial charge in [-0.1, -0.05) is 25.1 Å². The van der Waals surface area contributed by atoms with Gasteiger partial charge in [0.25, 0.3) is 5.91 Å². The van der Waals surface area contributed by atoms with E-state index in [1.807, 2.05) is 39.8 Å². The van der Waals surface area contributed by atoms with E-state index in [-0.39, 0.29) is 17.4 Å². The first-order valence-corrected chi connectivity index (χ1v) is 9.95. The molecule has 6 heteroatoms. The van der Waals surface area contributed by atoms with E-state index < -0.39 is 0 Å². The maximum atomic E-state index is 12.5. The van der Waals surface area contributed by atoms with Crippen LogP contribution in [0.4, 0.5) is 5.69 Å². The standard InChI is InChI=1S/C24H30N2O4/c1-6-15-30-20-13-11-17(16-21(20)29-5)12-14-22(27)25-19-10-8-7-9-18(19)23(28)26-24(2,3)4/h7-14,16H,6,15H2,1-5H3,(H,25,27)(H,26,28)/b14-12+. The van der Waals surface area contributed by atoms with Crippen LogP contribution in [0, 0.1) is 0 Å². The number of benzene rings is 2. The maximum absolute atomic E-state index is 12.5. The lowest BCUT2D eigenvalue weighted by atomic mass is 10.1. The van der Waals surface area contributed by atoms with Gasteiger partial charge in [0.15, 0.2) is 11.5 Å². The van der Waals surface area contributed by atoms with Gasteiger partial charge in [-0.05, 0) is 63.1 Å². The lowest BCUT2D eigenvalue weighted by Crippen LogP contribution is -2.40. The molecule has 2 aromatic rings.